The van der Waals surface area contributed by atoms with Crippen LogP contribution in [0.15, 0.2) is 54.6 Å². The van der Waals surface area contributed by atoms with E-state index in [1.807, 2.05) is 61.5 Å². The van der Waals surface area contributed by atoms with E-state index in [1.165, 1.54) is 12.0 Å². The van der Waals surface area contributed by atoms with Crippen LogP contribution in [0, 0.1) is 11.8 Å². The van der Waals surface area contributed by atoms with Crippen molar-refractivity contribution in [1.82, 2.24) is 20.4 Å². The number of esters is 2. The summed E-state index contributed by atoms with van der Waals surface area (Å²) in [6.45, 7) is 13.2. The molecule has 2 aromatic carbocycles. The van der Waals surface area contributed by atoms with Gasteiger partial charge in [-0.1, -0.05) is 67.9 Å². The van der Waals surface area contributed by atoms with Crippen molar-refractivity contribution in [3.05, 3.63) is 60.2 Å². The highest BCUT2D eigenvalue weighted by Gasteiger charge is 2.39. The second-order valence-corrected chi connectivity index (χ2v) is 15.3. The number of rotatable bonds is 14. The topological polar surface area (TPSA) is 144 Å². The van der Waals surface area contributed by atoms with Crippen LogP contribution in [-0.4, -0.2) is 96.8 Å². The van der Waals surface area contributed by atoms with Crippen LogP contribution in [0.5, 0.6) is 0 Å². The lowest BCUT2D eigenvalue weighted by molar-refractivity contribution is -0.161. The largest absolute Gasteiger partial charge is 0.467 e. The van der Waals surface area contributed by atoms with Crippen molar-refractivity contribution < 1.29 is 38.2 Å². The summed E-state index contributed by atoms with van der Waals surface area (Å²) in [5.74, 6) is -3.27. The first-order chi connectivity index (χ1) is 24.5. The smallest absolute Gasteiger partial charge is 0.417 e. The summed E-state index contributed by atoms with van der Waals surface area (Å²) < 4.78 is 16.5. The molecule has 52 heavy (non-hydrogen) atoms. The standard InChI is InChI=1S/C40H58N4O8/c1-9-10-24-43(37(48)42-33(36(47)50-8)25-28-16-18-30(19-17-28)29-14-12-11-13-15-29)26-32(35(46)51-39(2,3)4)27-44(38(49)52-40(5,6)7)34(45)31-20-22-41-23-21-31/h11-19,31-33,41H,9-10,20-27H2,1-8H3,(H,42,48)/t32-,33+/m1/s1. The number of nitrogens with one attached hydrogen (secondary N) is 2. The monoisotopic (exact) mass is 722 g/mol. The Labute approximate surface area is 308 Å². The first-order valence-electron chi connectivity index (χ1n) is 18.3. The summed E-state index contributed by atoms with van der Waals surface area (Å²) in [7, 11) is 1.26. The molecule has 0 radical (unpaired) electrons. The number of amides is 4. The van der Waals surface area contributed by atoms with E-state index in [1.54, 1.807) is 41.5 Å². The molecule has 0 aromatic heterocycles. The molecule has 1 heterocycles. The van der Waals surface area contributed by atoms with E-state index < -0.39 is 59.0 Å². The van der Waals surface area contributed by atoms with Gasteiger partial charge in [-0.3, -0.25) is 9.59 Å². The number of ether oxygens (including phenoxy) is 3. The van der Waals surface area contributed by atoms with Gasteiger partial charge in [0.05, 0.1) is 13.0 Å². The van der Waals surface area contributed by atoms with Crippen LogP contribution in [0.25, 0.3) is 11.1 Å². The number of carbonyl (C=O) groups is 5. The summed E-state index contributed by atoms with van der Waals surface area (Å²) in [5.41, 5.74) is 1.10. The maximum absolute atomic E-state index is 14.0. The third-order valence-corrected chi connectivity index (χ3v) is 8.51. The number of hydrogen-bond acceptors (Lipinski definition) is 9. The number of carbonyl (C=O) groups excluding carboxylic acids is 5. The van der Waals surface area contributed by atoms with Gasteiger partial charge in [0.2, 0.25) is 5.91 Å². The number of imide groups is 1. The summed E-state index contributed by atoms with van der Waals surface area (Å²) in [6, 6.07) is 16.0. The van der Waals surface area contributed by atoms with Crippen LogP contribution in [0.4, 0.5) is 9.59 Å². The van der Waals surface area contributed by atoms with E-state index in [4.69, 9.17) is 14.2 Å². The molecule has 0 unspecified atom stereocenters. The maximum Gasteiger partial charge on any atom is 0.417 e. The fourth-order valence-corrected chi connectivity index (χ4v) is 5.84. The van der Waals surface area contributed by atoms with Crippen LogP contribution in [0.1, 0.15) is 79.7 Å². The van der Waals surface area contributed by atoms with Crippen molar-refractivity contribution in [3.8, 4) is 11.1 Å². The second kappa shape index (κ2) is 19.4. The molecule has 0 saturated carbocycles. The SMILES string of the molecule is CCCCN(C[C@H](CN(C(=O)OC(C)(C)C)C(=O)C1CCNCC1)C(=O)OC(C)(C)C)C(=O)N[C@@H](Cc1ccc(-c2ccccc2)cc1)C(=O)OC. The van der Waals surface area contributed by atoms with E-state index in [-0.39, 0.29) is 26.1 Å². The molecule has 0 spiro atoms. The van der Waals surface area contributed by atoms with Crippen molar-refractivity contribution >= 4 is 30.0 Å². The molecule has 2 atom stereocenters. The maximum atomic E-state index is 14.0. The minimum absolute atomic E-state index is 0.168. The third kappa shape index (κ3) is 13.6. The Kier molecular flexibility index (Phi) is 15.7. The van der Waals surface area contributed by atoms with E-state index in [9.17, 15) is 24.0 Å². The zero-order chi connectivity index (χ0) is 38.5. The normalized spacial score (nSPS) is 14.8. The predicted molar refractivity (Wildman–Crippen MR) is 199 cm³/mol. The van der Waals surface area contributed by atoms with Gasteiger partial charge >= 0.3 is 24.1 Å². The highest BCUT2D eigenvalue weighted by molar-refractivity contribution is 5.94. The molecular formula is C40H58N4O8. The summed E-state index contributed by atoms with van der Waals surface area (Å²) in [5, 5.41) is 6.05. The third-order valence-electron chi connectivity index (χ3n) is 8.51. The summed E-state index contributed by atoms with van der Waals surface area (Å²) in [6.07, 6.45) is 1.71. The number of piperidine rings is 1. The fraction of sp³-hybridized carbons (Fsp3) is 0.575. The molecule has 0 bridgehead atoms. The molecule has 2 aromatic rings. The Morgan fingerprint density at radius 2 is 1.42 bits per heavy atom. The molecule has 1 aliphatic rings. The average Bonchev–Trinajstić information content (AvgIpc) is 3.09. The molecule has 1 saturated heterocycles. The first-order valence-corrected chi connectivity index (χ1v) is 18.3. The lowest BCUT2D eigenvalue weighted by atomic mass is 9.96. The van der Waals surface area contributed by atoms with Gasteiger partial charge in [0.15, 0.2) is 0 Å². The van der Waals surface area contributed by atoms with Gasteiger partial charge in [0.1, 0.15) is 17.2 Å². The van der Waals surface area contributed by atoms with Gasteiger partial charge in [-0.2, -0.15) is 0 Å². The Bertz CT molecular complexity index is 1480. The summed E-state index contributed by atoms with van der Waals surface area (Å²) >= 11 is 0. The molecule has 12 nitrogen and oxygen atoms in total. The molecule has 0 aliphatic carbocycles. The van der Waals surface area contributed by atoms with Crippen LogP contribution < -0.4 is 10.6 Å². The molecule has 3 rings (SSSR count). The lowest BCUT2D eigenvalue weighted by Gasteiger charge is -2.34. The quantitative estimate of drug-likeness (QED) is 0.178. The second-order valence-electron chi connectivity index (χ2n) is 15.3. The van der Waals surface area contributed by atoms with E-state index in [0.717, 1.165) is 28.0 Å². The molecule has 1 aliphatic heterocycles. The van der Waals surface area contributed by atoms with Gasteiger partial charge in [-0.15, -0.1) is 0 Å². The molecule has 12 heteroatoms. The summed E-state index contributed by atoms with van der Waals surface area (Å²) in [4.78, 5) is 70.7. The highest BCUT2D eigenvalue weighted by Crippen LogP contribution is 2.23. The number of benzene rings is 2. The Morgan fingerprint density at radius 3 is 1.98 bits per heavy atom. The zero-order valence-electron chi connectivity index (χ0n) is 32.2. The number of nitrogens with zero attached hydrogens (tertiary/aromatic N) is 2. The fourth-order valence-electron chi connectivity index (χ4n) is 5.84. The molecule has 286 valence electrons. The van der Waals surface area contributed by atoms with Gasteiger partial charge < -0.3 is 29.7 Å². The highest BCUT2D eigenvalue weighted by atomic mass is 16.6. The minimum atomic E-state index is -1.11. The van der Waals surface area contributed by atoms with Crippen molar-refractivity contribution in [2.24, 2.45) is 11.8 Å². The van der Waals surface area contributed by atoms with E-state index in [2.05, 4.69) is 10.6 Å². The number of unbranched alkanes of at least 4 members (excludes halogenated alkanes) is 1. The van der Waals surface area contributed by atoms with Crippen molar-refractivity contribution in [2.45, 2.75) is 97.8 Å². The van der Waals surface area contributed by atoms with E-state index in [0.29, 0.717) is 32.4 Å². The Morgan fingerprint density at radius 1 is 0.827 bits per heavy atom. The van der Waals surface area contributed by atoms with Crippen LogP contribution in [0.2, 0.25) is 0 Å². The van der Waals surface area contributed by atoms with Gasteiger partial charge in [-0.25, -0.2) is 19.3 Å². The van der Waals surface area contributed by atoms with Crippen molar-refractivity contribution in [2.75, 3.05) is 39.8 Å². The van der Waals surface area contributed by atoms with Crippen molar-refractivity contribution in [3.63, 3.8) is 0 Å². The molecular weight excluding hydrogens is 664 g/mol. The molecule has 1 fully saturated rings. The molecule has 2 N–H and O–H groups in total. The van der Waals surface area contributed by atoms with Gasteiger partial charge in [0, 0.05) is 32.0 Å². The minimum Gasteiger partial charge on any atom is -0.467 e. The van der Waals surface area contributed by atoms with Gasteiger partial charge in [-0.05, 0) is 90.6 Å². The van der Waals surface area contributed by atoms with Crippen molar-refractivity contribution in [1.29, 1.82) is 0 Å². The number of urea groups is 1. The van der Waals surface area contributed by atoms with Crippen LogP contribution in [0.3, 0.4) is 0 Å². The number of methoxy groups -OCH3 is 1. The van der Waals surface area contributed by atoms with E-state index >= 15 is 0 Å². The lowest BCUT2D eigenvalue weighted by Crippen LogP contribution is -2.54. The average molecular weight is 723 g/mol. The number of hydrogen-bond donors (Lipinski definition) is 2. The molecule has 4 amide bonds. The Balaban J connectivity index is 1.90. The zero-order valence-corrected chi connectivity index (χ0v) is 32.2. The van der Waals surface area contributed by atoms with Crippen LogP contribution >= 0.6 is 0 Å². The first kappa shape index (κ1) is 42.0. The van der Waals surface area contributed by atoms with Crippen LogP contribution in [-0.2, 0) is 35.0 Å². The van der Waals surface area contributed by atoms with Gasteiger partial charge in [0.25, 0.3) is 0 Å². The predicted octanol–water partition coefficient (Wildman–Crippen LogP) is 5.97. The Hall–Kier alpha value is -4.45.